The summed E-state index contributed by atoms with van der Waals surface area (Å²) >= 11 is 11.2. The van der Waals surface area contributed by atoms with Crippen LogP contribution in [-0.2, 0) is 10.0 Å². The number of methoxy groups -OCH3 is 2. The lowest BCUT2D eigenvalue weighted by molar-refractivity contribution is 0.0945. The molecule has 0 bridgehead atoms. The SMILES string of the molecule is CCCCNC(=S)NS(=O)(=O)c1cc2c(cc1OC)OCCC2CNC(=O)c1cc(Cl)ccc1OC. The number of hydrogen-bond donors (Lipinski definition) is 3. The molecule has 1 aliphatic rings. The van der Waals surface area contributed by atoms with Gasteiger partial charge in [-0.1, -0.05) is 24.9 Å². The average Bonchev–Trinajstić information content (AvgIpc) is 2.86. The smallest absolute Gasteiger partial charge is 0.267 e. The van der Waals surface area contributed by atoms with Crippen molar-refractivity contribution in [2.24, 2.45) is 0 Å². The van der Waals surface area contributed by atoms with Gasteiger partial charge in [-0.05, 0) is 49.3 Å². The molecule has 196 valence electrons. The molecule has 36 heavy (non-hydrogen) atoms. The van der Waals surface area contributed by atoms with Crippen molar-refractivity contribution in [3.8, 4) is 17.2 Å². The van der Waals surface area contributed by atoms with Crippen LogP contribution in [0.2, 0.25) is 5.02 Å². The van der Waals surface area contributed by atoms with Gasteiger partial charge in [-0.2, -0.15) is 0 Å². The highest BCUT2D eigenvalue weighted by Crippen LogP contribution is 2.40. The third-order valence-corrected chi connectivity index (χ3v) is 7.69. The predicted octanol–water partition coefficient (Wildman–Crippen LogP) is 3.61. The Labute approximate surface area is 221 Å². The van der Waals surface area contributed by atoms with E-state index in [1.54, 1.807) is 18.2 Å². The van der Waals surface area contributed by atoms with Crippen LogP contribution < -0.4 is 29.6 Å². The predicted molar refractivity (Wildman–Crippen MR) is 142 cm³/mol. The number of carbonyl (C=O) groups is 1. The summed E-state index contributed by atoms with van der Waals surface area (Å²) in [4.78, 5) is 12.8. The third kappa shape index (κ3) is 6.71. The highest BCUT2D eigenvalue weighted by molar-refractivity contribution is 7.92. The molecule has 0 aliphatic carbocycles. The first kappa shape index (κ1) is 27.8. The van der Waals surface area contributed by atoms with Gasteiger partial charge < -0.3 is 24.8 Å². The van der Waals surface area contributed by atoms with E-state index in [1.165, 1.54) is 26.4 Å². The Morgan fingerprint density at radius 1 is 1.17 bits per heavy atom. The summed E-state index contributed by atoms with van der Waals surface area (Å²) < 4.78 is 45.1. The van der Waals surface area contributed by atoms with E-state index in [9.17, 15) is 13.2 Å². The third-order valence-electron chi connectivity index (χ3n) is 5.71. The summed E-state index contributed by atoms with van der Waals surface area (Å²) in [5, 5.41) is 6.21. The van der Waals surface area contributed by atoms with Crippen LogP contribution in [0.3, 0.4) is 0 Å². The monoisotopic (exact) mass is 555 g/mol. The van der Waals surface area contributed by atoms with Gasteiger partial charge in [-0.15, -0.1) is 0 Å². The molecule has 0 spiro atoms. The maximum atomic E-state index is 13.1. The number of sulfonamides is 1. The van der Waals surface area contributed by atoms with Crippen LogP contribution in [0.4, 0.5) is 0 Å². The fraction of sp³-hybridized carbons (Fsp3) is 0.417. The van der Waals surface area contributed by atoms with Gasteiger partial charge in [-0.3, -0.25) is 9.52 Å². The van der Waals surface area contributed by atoms with Gasteiger partial charge in [-0.25, -0.2) is 8.42 Å². The van der Waals surface area contributed by atoms with Gasteiger partial charge in [0.2, 0.25) is 0 Å². The summed E-state index contributed by atoms with van der Waals surface area (Å²) in [6, 6.07) is 7.86. The highest BCUT2D eigenvalue weighted by atomic mass is 35.5. The first-order valence-corrected chi connectivity index (χ1v) is 13.7. The number of nitrogens with one attached hydrogen (secondary N) is 3. The van der Waals surface area contributed by atoms with Crippen molar-refractivity contribution in [1.29, 1.82) is 0 Å². The minimum absolute atomic E-state index is 0.0127. The second-order valence-electron chi connectivity index (χ2n) is 8.14. The number of carbonyl (C=O) groups excluding carboxylic acids is 1. The zero-order valence-electron chi connectivity index (χ0n) is 20.4. The van der Waals surface area contributed by atoms with Crippen LogP contribution in [0.5, 0.6) is 17.2 Å². The van der Waals surface area contributed by atoms with Crippen molar-refractivity contribution in [3.05, 3.63) is 46.5 Å². The maximum absolute atomic E-state index is 13.1. The minimum atomic E-state index is -4.04. The van der Waals surface area contributed by atoms with Gasteiger partial charge in [0.1, 0.15) is 22.1 Å². The molecule has 0 aromatic heterocycles. The van der Waals surface area contributed by atoms with Crippen LogP contribution in [0.25, 0.3) is 0 Å². The summed E-state index contributed by atoms with van der Waals surface area (Å²) in [6.45, 7) is 3.25. The number of benzene rings is 2. The molecular formula is C24H30ClN3O6S2. The van der Waals surface area contributed by atoms with Crippen LogP contribution >= 0.6 is 23.8 Å². The number of thiocarbonyl (C=S) groups is 1. The molecular weight excluding hydrogens is 526 g/mol. The molecule has 1 atom stereocenters. The lowest BCUT2D eigenvalue weighted by Gasteiger charge is -2.27. The fourth-order valence-corrected chi connectivity index (χ4v) is 5.53. The molecule has 2 aromatic carbocycles. The van der Waals surface area contributed by atoms with Gasteiger partial charge in [0, 0.05) is 35.7 Å². The number of fused-ring (bicyclic) bond motifs is 1. The zero-order chi connectivity index (χ0) is 26.3. The molecule has 1 amide bonds. The molecule has 0 saturated heterocycles. The Hall–Kier alpha value is -2.76. The maximum Gasteiger partial charge on any atom is 0.267 e. The first-order valence-electron chi connectivity index (χ1n) is 11.5. The number of rotatable bonds is 10. The molecule has 2 aromatic rings. The van der Waals surface area contributed by atoms with Crippen molar-refractivity contribution < 1.29 is 27.4 Å². The molecule has 3 N–H and O–H groups in total. The van der Waals surface area contributed by atoms with E-state index in [-0.39, 0.29) is 34.1 Å². The Morgan fingerprint density at radius 3 is 2.61 bits per heavy atom. The van der Waals surface area contributed by atoms with Crippen LogP contribution in [0.1, 0.15) is 48.0 Å². The summed E-state index contributed by atoms with van der Waals surface area (Å²) in [5.74, 6) is 0.481. The zero-order valence-corrected chi connectivity index (χ0v) is 22.7. The number of amides is 1. The quantitative estimate of drug-likeness (QED) is 0.301. The molecule has 0 fully saturated rings. The average molecular weight is 556 g/mol. The Balaban J connectivity index is 1.83. The van der Waals surface area contributed by atoms with Gasteiger partial charge in [0.25, 0.3) is 15.9 Å². The highest BCUT2D eigenvalue weighted by Gasteiger charge is 2.29. The Kier molecular flexibility index (Phi) is 9.63. The fourth-order valence-electron chi connectivity index (χ4n) is 3.81. The van der Waals surface area contributed by atoms with Crippen LogP contribution in [0, 0.1) is 0 Å². The second-order valence-corrected chi connectivity index (χ2v) is 10.6. The van der Waals surface area contributed by atoms with Crippen molar-refractivity contribution in [3.63, 3.8) is 0 Å². The molecule has 0 radical (unpaired) electrons. The molecule has 9 nitrogen and oxygen atoms in total. The summed E-state index contributed by atoms with van der Waals surface area (Å²) in [5.41, 5.74) is 0.953. The van der Waals surface area contributed by atoms with Gasteiger partial charge in [0.05, 0.1) is 26.4 Å². The van der Waals surface area contributed by atoms with Crippen LogP contribution in [-0.4, -0.2) is 53.4 Å². The van der Waals surface area contributed by atoms with Gasteiger partial charge in [0.15, 0.2) is 5.11 Å². The molecule has 0 saturated carbocycles. The van der Waals surface area contributed by atoms with E-state index < -0.39 is 10.0 Å². The van der Waals surface area contributed by atoms with E-state index in [1.807, 2.05) is 6.92 Å². The van der Waals surface area contributed by atoms with Crippen molar-refractivity contribution >= 4 is 44.9 Å². The van der Waals surface area contributed by atoms with E-state index in [4.69, 9.17) is 38.0 Å². The largest absolute Gasteiger partial charge is 0.496 e. The molecule has 1 unspecified atom stereocenters. The Bertz CT molecular complexity index is 1220. The van der Waals surface area contributed by atoms with Gasteiger partial charge >= 0.3 is 0 Å². The number of halogens is 1. The van der Waals surface area contributed by atoms with Crippen molar-refractivity contribution in [1.82, 2.24) is 15.4 Å². The lowest BCUT2D eigenvalue weighted by atomic mass is 9.92. The first-order chi connectivity index (χ1) is 17.2. The van der Waals surface area contributed by atoms with Crippen molar-refractivity contribution in [2.45, 2.75) is 37.0 Å². The number of unbranched alkanes of at least 4 members (excludes halogenated alkanes) is 1. The standard InChI is InChI=1S/C24H30ClN3O6S2/c1-4-5-9-26-24(35)28-36(30,31)22-12-17-15(8-10-34-20(17)13-21(22)33-3)14-27-23(29)18-11-16(25)6-7-19(18)32-2/h6-7,11-13,15H,4-5,8-10,14H2,1-3H3,(H,27,29)(H2,26,28,35). The minimum Gasteiger partial charge on any atom is -0.496 e. The van der Waals surface area contributed by atoms with E-state index >= 15 is 0 Å². The lowest BCUT2D eigenvalue weighted by Crippen LogP contribution is -2.39. The Morgan fingerprint density at radius 2 is 1.92 bits per heavy atom. The normalized spacial score (nSPS) is 14.7. The van der Waals surface area contributed by atoms with E-state index in [0.29, 0.717) is 47.2 Å². The van der Waals surface area contributed by atoms with E-state index in [0.717, 1.165) is 12.8 Å². The summed E-state index contributed by atoms with van der Waals surface area (Å²) in [6.07, 6.45) is 2.38. The molecule has 1 aliphatic heterocycles. The number of hydrogen-bond acceptors (Lipinski definition) is 7. The van der Waals surface area contributed by atoms with Crippen LogP contribution in [0.15, 0.2) is 35.2 Å². The molecule has 1 heterocycles. The number of ether oxygens (including phenoxy) is 3. The molecule has 3 rings (SSSR count). The second kappa shape index (κ2) is 12.5. The summed E-state index contributed by atoms with van der Waals surface area (Å²) in [7, 11) is -1.18. The van der Waals surface area contributed by atoms with Crippen molar-refractivity contribution in [2.75, 3.05) is 33.9 Å². The molecule has 12 heteroatoms. The van der Waals surface area contributed by atoms with E-state index in [2.05, 4.69) is 15.4 Å². The topological polar surface area (TPSA) is 115 Å².